The van der Waals surface area contributed by atoms with Crippen LogP contribution in [0.15, 0.2) is 29.6 Å². The van der Waals surface area contributed by atoms with Crippen molar-refractivity contribution in [2.45, 2.75) is 26.3 Å². The third-order valence-corrected chi connectivity index (χ3v) is 4.59. The Morgan fingerprint density at radius 1 is 1.32 bits per heavy atom. The maximum absolute atomic E-state index is 5.51. The van der Waals surface area contributed by atoms with Crippen molar-refractivity contribution in [2.75, 3.05) is 19.8 Å². The minimum Gasteiger partial charge on any atom is -0.378 e. The van der Waals surface area contributed by atoms with Crippen LogP contribution in [0.4, 0.5) is 0 Å². The lowest BCUT2D eigenvalue weighted by Crippen LogP contribution is -2.34. The molecule has 3 nitrogen and oxygen atoms in total. The summed E-state index contributed by atoms with van der Waals surface area (Å²) in [4.78, 5) is 4.77. The Bertz CT molecular complexity index is 577. The number of halogens is 1. The average Bonchev–Trinajstić information content (AvgIpc) is 2.98. The molecule has 2 aromatic rings. The van der Waals surface area contributed by atoms with Crippen LogP contribution in [0.5, 0.6) is 0 Å². The Kier molecular flexibility index (Phi) is 6.38. The predicted octanol–water partition coefficient (Wildman–Crippen LogP) is 4.09. The molecular formula is C17H23ClN2OS. The largest absolute Gasteiger partial charge is 0.378 e. The minimum atomic E-state index is 0. The SMILES string of the molecule is CC(C)Cc1ccc(-c2csc(C3COCCN3)n2)cc1.Cl. The van der Waals surface area contributed by atoms with Gasteiger partial charge in [-0.3, -0.25) is 0 Å². The van der Waals surface area contributed by atoms with Gasteiger partial charge in [-0.1, -0.05) is 38.1 Å². The maximum Gasteiger partial charge on any atom is 0.113 e. The first-order valence-corrected chi connectivity index (χ1v) is 8.46. The number of morpholine rings is 1. The minimum absolute atomic E-state index is 0. The molecule has 1 atom stereocenters. The van der Waals surface area contributed by atoms with E-state index in [1.807, 2.05) is 0 Å². The van der Waals surface area contributed by atoms with E-state index in [1.165, 1.54) is 11.1 Å². The quantitative estimate of drug-likeness (QED) is 0.911. The summed E-state index contributed by atoms with van der Waals surface area (Å²) in [5.74, 6) is 0.694. The Labute approximate surface area is 142 Å². The van der Waals surface area contributed by atoms with E-state index < -0.39 is 0 Å². The van der Waals surface area contributed by atoms with E-state index in [-0.39, 0.29) is 18.4 Å². The number of nitrogens with one attached hydrogen (secondary N) is 1. The van der Waals surface area contributed by atoms with E-state index in [0.29, 0.717) is 5.92 Å². The monoisotopic (exact) mass is 338 g/mol. The lowest BCUT2D eigenvalue weighted by Gasteiger charge is -2.21. The smallest absolute Gasteiger partial charge is 0.113 e. The van der Waals surface area contributed by atoms with Gasteiger partial charge in [0, 0.05) is 17.5 Å². The normalized spacial score (nSPS) is 18.2. The van der Waals surface area contributed by atoms with Gasteiger partial charge >= 0.3 is 0 Å². The molecule has 2 heterocycles. The molecule has 1 fully saturated rings. The lowest BCUT2D eigenvalue weighted by molar-refractivity contribution is 0.0768. The molecular weight excluding hydrogens is 316 g/mol. The topological polar surface area (TPSA) is 34.1 Å². The highest BCUT2D eigenvalue weighted by atomic mass is 35.5. The molecule has 22 heavy (non-hydrogen) atoms. The molecule has 0 aliphatic carbocycles. The number of rotatable bonds is 4. The second-order valence-electron chi connectivity index (χ2n) is 5.95. The molecule has 3 rings (SSSR count). The highest BCUT2D eigenvalue weighted by Crippen LogP contribution is 2.27. The summed E-state index contributed by atoms with van der Waals surface area (Å²) in [5.41, 5.74) is 3.66. The van der Waals surface area contributed by atoms with Gasteiger partial charge in [-0.05, 0) is 17.9 Å². The molecule has 1 unspecified atom stereocenters. The number of aromatic nitrogens is 1. The fourth-order valence-corrected chi connectivity index (χ4v) is 3.48. The second-order valence-corrected chi connectivity index (χ2v) is 6.84. The summed E-state index contributed by atoms with van der Waals surface area (Å²) in [6.45, 7) is 6.93. The molecule has 0 spiro atoms. The second kappa shape index (κ2) is 8.06. The zero-order valence-corrected chi connectivity index (χ0v) is 14.7. The van der Waals surface area contributed by atoms with Gasteiger partial charge in [-0.15, -0.1) is 23.7 Å². The number of benzene rings is 1. The van der Waals surface area contributed by atoms with Gasteiger partial charge in [0.05, 0.1) is 24.9 Å². The van der Waals surface area contributed by atoms with Crippen LogP contribution < -0.4 is 5.32 Å². The molecule has 0 radical (unpaired) electrons. The molecule has 1 saturated heterocycles. The van der Waals surface area contributed by atoms with E-state index in [2.05, 4.69) is 48.8 Å². The Morgan fingerprint density at radius 2 is 2.09 bits per heavy atom. The summed E-state index contributed by atoms with van der Waals surface area (Å²) >= 11 is 1.71. The van der Waals surface area contributed by atoms with Crippen LogP contribution in [0.25, 0.3) is 11.3 Å². The van der Waals surface area contributed by atoms with Crippen molar-refractivity contribution in [1.29, 1.82) is 0 Å². The fraction of sp³-hybridized carbons (Fsp3) is 0.471. The van der Waals surface area contributed by atoms with Crippen molar-refractivity contribution in [3.05, 3.63) is 40.2 Å². The number of ether oxygens (including phenoxy) is 1. The molecule has 1 aromatic heterocycles. The van der Waals surface area contributed by atoms with Crippen molar-refractivity contribution in [1.82, 2.24) is 10.3 Å². The third kappa shape index (κ3) is 4.29. The fourth-order valence-electron chi connectivity index (χ4n) is 2.59. The van der Waals surface area contributed by atoms with Crippen LogP contribution in [0.1, 0.15) is 30.5 Å². The maximum atomic E-state index is 5.51. The molecule has 1 aliphatic heterocycles. The summed E-state index contributed by atoms with van der Waals surface area (Å²) in [7, 11) is 0. The Hall–Kier alpha value is -0.940. The van der Waals surface area contributed by atoms with Crippen molar-refractivity contribution in [3.63, 3.8) is 0 Å². The van der Waals surface area contributed by atoms with Gasteiger partial charge in [0.2, 0.25) is 0 Å². The zero-order chi connectivity index (χ0) is 14.7. The van der Waals surface area contributed by atoms with Crippen LogP contribution in [-0.4, -0.2) is 24.7 Å². The van der Waals surface area contributed by atoms with Crippen LogP contribution in [-0.2, 0) is 11.2 Å². The molecule has 1 aromatic carbocycles. The van der Waals surface area contributed by atoms with Crippen molar-refractivity contribution in [3.8, 4) is 11.3 Å². The first-order chi connectivity index (χ1) is 10.2. The highest BCUT2D eigenvalue weighted by Gasteiger charge is 2.18. The number of thiazole rings is 1. The van der Waals surface area contributed by atoms with Gasteiger partial charge < -0.3 is 10.1 Å². The van der Waals surface area contributed by atoms with Gasteiger partial charge in [0.1, 0.15) is 5.01 Å². The van der Waals surface area contributed by atoms with E-state index in [0.717, 1.165) is 36.9 Å². The summed E-state index contributed by atoms with van der Waals surface area (Å²) in [6, 6.07) is 9.05. The van der Waals surface area contributed by atoms with Gasteiger partial charge in [-0.2, -0.15) is 0 Å². The molecule has 0 amide bonds. The predicted molar refractivity (Wildman–Crippen MR) is 94.9 cm³/mol. The van der Waals surface area contributed by atoms with Crippen LogP contribution in [0, 0.1) is 5.92 Å². The third-order valence-electron chi connectivity index (χ3n) is 3.64. The Balaban J connectivity index is 0.00000176. The molecule has 1 aliphatic rings. The van der Waals surface area contributed by atoms with Crippen LogP contribution in [0.2, 0.25) is 0 Å². The lowest BCUT2D eigenvalue weighted by atomic mass is 10.0. The molecule has 0 saturated carbocycles. The number of hydrogen-bond donors (Lipinski definition) is 1. The first kappa shape index (κ1) is 17.4. The summed E-state index contributed by atoms with van der Waals surface area (Å²) in [5, 5.41) is 6.72. The standard InChI is InChI=1S/C17H22N2OS.ClH/c1-12(2)9-13-3-5-14(6-4-13)16-11-21-17(19-16)15-10-20-8-7-18-15;/h3-6,11-12,15,18H,7-10H2,1-2H3;1H. The first-order valence-electron chi connectivity index (χ1n) is 7.58. The Morgan fingerprint density at radius 3 is 2.73 bits per heavy atom. The summed E-state index contributed by atoms with van der Waals surface area (Å²) < 4.78 is 5.51. The van der Waals surface area contributed by atoms with Crippen molar-refractivity contribution < 1.29 is 4.74 Å². The number of hydrogen-bond acceptors (Lipinski definition) is 4. The summed E-state index contributed by atoms with van der Waals surface area (Å²) in [6.07, 6.45) is 1.13. The zero-order valence-electron chi connectivity index (χ0n) is 13.0. The van der Waals surface area contributed by atoms with E-state index in [9.17, 15) is 0 Å². The van der Waals surface area contributed by atoms with Crippen LogP contribution >= 0.6 is 23.7 Å². The molecule has 5 heteroatoms. The highest BCUT2D eigenvalue weighted by molar-refractivity contribution is 7.10. The van der Waals surface area contributed by atoms with Gasteiger partial charge in [0.25, 0.3) is 0 Å². The van der Waals surface area contributed by atoms with E-state index >= 15 is 0 Å². The van der Waals surface area contributed by atoms with E-state index in [1.54, 1.807) is 11.3 Å². The van der Waals surface area contributed by atoms with Crippen LogP contribution in [0.3, 0.4) is 0 Å². The van der Waals surface area contributed by atoms with Gasteiger partial charge in [-0.25, -0.2) is 4.98 Å². The average molecular weight is 339 g/mol. The molecule has 1 N–H and O–H groups in total. The van der Waals surface area contributed by atoms with Crippen molar-refractivity contribution >= 4 is 23.7 Å². The van der Waals surface area contributed by atoms with Gasteiger partial charge in [0.15, 0.2) is 0 Å². The van der Waals surface area contributed by atoms with Crippen molar-refractivity contribution in [2.24, 2.45) is 5.92 Å². The van der Waals surface area contributed by atoms with E-state index in [4.69, 9.17) is 9.72 Å². The number of nitrogens with zero attached hydrogens (tertiary/aromatic N) is 1. The molecule has 0 bridgehead atoms. The molecule has 120 valence electrons.